The van der Waals surface area contributed by atoms with Crippen LogP contribution in [0.25, 0.3) is 0 Å². The van der Waals surface area contributed by atoms with Crippen LogP contribution in [0.15, 0.2) is 24.3 Å². The van der Waals surface area contributed by atoms with Gasteiger partial charge < -0.3 is 15.1 Å². The summed E-state index contributed by atoms with van der Waals surface area (Å²) in [7, 11) is 0. The van der Waals surface area contributed by atoms with Gasteiger partial charge in [-0.2, -0.15) is 5.26 Å². The number of carbonyl (C=O) groups excluding carboxylic acids is 1. The summed E-state index contributed by atoms with van der Waals surface area (Å²) in [5, 5.41) is 12.4. The van der Waals surface area contributed by atoms with Crippen LogP contribution in [0.5, 0.6) is 0 Å². The molecule has 0 aromatic heterocycles. The van der Waals surface area contributed by atoms with E-state index in [1.807, 2.05) is 29.2 Å². The maximum atomic E-state index is 11.5. The van der Waals surface area contributed by atoms with E-state index >= 15 is 0 Å². The molecule has 3 aliphatic rings. The van der Waals surface area contributed by atoms with Crippen LogP contribution in [0.2, 0.25) is 0 Å². The third-order valence-corrected chi connectivity index (χ3v) is 7.41. The summed E-state index contributed by atoms with van der Waals surface area (Å²) in [6.45, 7) is 12.4. The molecule has 7 heteroatoms. The Bertz CT molecular complexity index is 769. The zero-order valence-electron chi connectivity index (χ0n) is 19.5. The van der Waals surface area contributed by atoms with Gasteiger partial charge in [-0.3, -0.25) is 14.6 Å². The third-order valence-electron chi connectivity index (χ3n) is 7.41. The van der Waals surface area contributed by atoms with E-state index in [1.54, 1.807) is 6.92 Å². The largest absolute Gasteiger partial charge is 0.385 e. The number of benzene rings is 1. The van der Waals surface area contributed by atoms with Gasteiger partial charge in [0.15, 0.2) is 0 Å². The molecule has 3 saturated heterocycles. The van der Waals surface area contributed by atoms with Gasteiger partial charge in [-0.1, -0.05) is 0 Å². The maximum absolute atomic E-state index is 11.5. The van der Waals surface area contributed by atoms with Crippen molar-refractivity contribution in [3.63, 3.8) is 0 Å². The summed E-state index contributed by atoms with van der Waals surface area (Å²) in [4.78, 5) is 21.4. The molecule has 1 aromatic carbocycles. The lowest BCUT2D eigenvalue weighted by Gasteiger charge is -2.41. The zero-order chi connectivity index (χ0) is 22.3. The first-order valence-corrected chi connectivity index (χ1v) is 12.3. The van der Waals surface area contributed by atoms with E-state index in [2.05, 4.69) is 26.1 Å². The van der Waals surface area contributed by atoms with Gasteiger partial charge in [0.25, 0.3) is 0 Å². The Morgan fingerprint density at radius 2 is 1.62 bits per heavy atom. The fourth-order valence-electron chi connectivity index (χ4n) is 5.59. The van der Waals surface area contributed by atoms with Crippen LogP contribution in [-0.2, 0) is 4.79 Å². The van der Waals surface area contributed by atoms with Gasteiger partial charge in [0.1, 0.15) is 0 Å². The summed E-state index contributed by atoms with van der Waals surface area (Å²) < 4.78 is 0. The van der Waals surface area contributed by atoms with Crippen LogP contribution < -0.4 is 5.32 Å². The number of carbonyl (C=O) groups is 1. The number of nitrogens with zero attached hydrogens (tertiary/aromatic N) is 5. The van der Waals surface area contributed by atoms with E-state index in [9.17, 15) is 4.79 Å². The van der Waals surface area contributed by atoms with E-state index in [0.717, 1.165) is 63.5 Å². The summed E-state index contributed by atoms with van der Waals surface area (Å²) in [6, 6.07) is 11.3. The number of anilines is 1. The van der Waals surface area contributed by atoms with Crippen LogP contribution in [0.3, 0.4) is 0 Å². The van der Waals surface area contributed by atoms with E-state index in [1.165, 1.54) is 45.4 Å². The maximum Gasteiger partial charge on any atom is 0.219 e. The molecule has 3 fully saturated rings. The minimum atomic E-state index is 0.211. The van der Waals surface area contributed by atoms with Crippen LogP contribution in [0.1, 0.15) is 38.2 Å². The molecule has 3 heterocycles. The van der Waals surface area contributed by atoms with E-state index in [-0.39, 0.29) is 5.91 Å². The second-order valence-corrected chi connectivity index (χ2v) is 9.55. The highest BCUT2D eigenvalue weighted by Gasteiger charge is 2.39. The molecule has 2 unspecified atom stereocenters. The van der Waals surface area contributed by atoms with Crippen molar-refractivity contribution in [2.75, 3.05) is 70.8 Å². The van der Waals surface area contributed by atoms with Crippen molar-refractivity contribution in [1.82, 2.24) is 19.6 Å². The normalized spacial score (nSPS) is 24.4. The molecular weight excluding hydrogens is 400 g/mol. The Labute approximate surface area is 192 Å². The van der Waals surface area contributed by atoms with Gasteiger partial charge in [-0.05, 0) is 63.0 Å². The molecular formula is C25H38N6O. The van der Waals surface area contributed by atoms with Crippen molar-refractivity contribution in [2.24, 2.45) is 0 Å². The topological polar surface area (TPSA) is 65.9 Å². The van der Waals surface area contributed by atoms with Crippen molar-refractivity contribution in [3.8, 4) is 6.07 Å². The van der Waals surface area contributed by atoms with Gasteiger partial charge in [-0.15, -0.1) is 0 Å². The molecule has 0 aliphatic carbocycles. The molecule has 4 rings (SSSR count). The summed E-state index contributed by atoms with van der Waals surface area (Å²) >= 11 is 0. The van der Waals surface area contributed by atoms with Gasteiger partial charge in [0.05, 0.1) is 11.6 Å². The smallest absolute Gasteiger partial charge is 0.219 e. The number of amides is 1. The highest BCUT2D eigenvalue weighted by Crippen LogP contribution is 2.30. The molecule has 7 nitrogen and oxygen atoms in total. The van der Waals surface area contributed by atoms with Gasteiger partial charge >= 0.3 is 0 Å². The third kappa shape index (κ3) is 6.00. The average Bonchev–Trinajstić information content (AvgIpc) is 3.05. The summed E-state index contributed by atoms with van der Waals surface area (Å²) in [5.41, 5.74) is 1.81. The van der Waals surface area contributed by atoms with Crippen LogP contribution in [0.4, 0.5) is 5.69 Å². The second kappa shape index (κ2) is 11.1. The number of piperazine rings is 2. The lowest BCUT2D eigenvalue weighted by molar-refractivity contribution is -0.130. The molecule has 1 N–H and O–H groups in total. The highest BCUT2D eigenvalue weighted by atomic mass is 16.2. The van der Waals surface area contributed by atoms with E-state index in [0.29, 0.717) is 5.56 Å². The molecule has 2 bridgehead atoms. The van der Waals surface area contributed by atoms with Crippen LogP contribution >= 0.6 is 0 Å². The number of hydrogen-bond acceptors (Lipinski definition) is 6. The number of likely N-dealkylation sites (tertiary alicyclic amines) is 1. The van der Waals surface area contributed by atoms with Crippen molar-refractivity contribution in [3.05, 3.63) is 29.8 Å². The number of nitrogens with one attached hydrogen (secondary N) is 1. The Hall–Kier alpha value is -2.14. The van der Waals surface area contributed by atoms with Gasteiger partial charge in [0, 0.05) is 77.1 Å². The molecule has 0 spiro atoms. The van der Waals surface area contributed by atoms with E-state index in [4.69, 9.17) is 5.26 Å². The first kappa shape index (κ1) is 23.0. The Morgan fingerprint density at radius 3 is 2.25 bits per heavy atom. The Balaban J connectivity index is 1.11. The number of hydrogen-bond donors (Lipinski definition) is 1. The lowest BCUT2D eigenvalue weighted by Crippen LogP contribution is -2.54. The Kier molecular flexibility index (Phi) is 8.01. The molecule has 3 aliphatic heterocycles. The second-order valence-electron chi connectivity index (χ2n) is 9.55. The quantitative estimate of drug-likeness (QED) is 0.596. The highest BCUT2D eigenvalue weighted by molar-refractivity contribution is 5.73. The summed E-state index contributed by atoms with van der Waals surface area (Å²) in [6.07, 6.45) is 5.07. The fraction of sp³-hybridized carbons (Fsp3) is 0.680. The summed E-state index contributed by atoms with van der Waals surface area (Å²) in [5.74, 6) is 0.211. The van der Waals surface area contributed by atoms with Crippen molar-refractivity contribution < 1.29 is 4.79 Å². The SMILES string of the molecule is CC(=O)N1CCN(CCCN2CC3CCC(C2)N3CCCNc2ccc(C#N)cc2)CC1. The predicted molar refractivity (Wildman–Crippen MR) is 128 cm³/mol. The molecule has 2 atom stereocenters. The minimum absolute atomic E-state index is 0.211. The number of rotatable bonds is 9. The molecule has 1 amide bonds. The molecule has 0 radical (unpaired) electrons. The number of fused-ring (bicyclic) bond motifs is 2. The molecule has 0 saturated carbocycles. The molecule has 32 heavy (non-hydrogen) atoms. The van der Waals surface area contributed by atoms with Crippen molar-refractivity contribution in [2.45, 2.75) is 44.7 Å². The monoisotopic (exact) mass is 438 g/mol. The van der Waals surface area contributed by atoms with Crippen molar-refractivity contribution in [1.29, 1.82) is 5.26 Å². The van der Waals surface area contributed by atoms with Gasteiger partial charge in [-0.25, -0.2) is 0 Å². The standard InChI is InChI=1S/C25H38N6O/c1-21(32)30-16-14-28(15-17-30)11-3-12-29-19-24-8-9-25(20-29)31(24)13-2-10-27-23-6-4-22(18-26)5-7-23/h4-7,24-25,27H,2-3,8-17,19-20H2,1H3. The average molecular weight is 439 g/mol. The lowest BCUT2D eigenvalue weighted by atomic mass is 10.1. The van der Waals surface area contributed by atoms with E-state index < -0.39 is 0 Å². The minimum Gasteiger partial charge on any atom is -0.385 e. The Morgan fingerprint density at radius 1 is 0.969 bits per heavy atom. The zero-order valence-corrected chi connectivity index (χ0v) is 19.5. The van der Waals surface area contributed by atoms with Gasteiger partial charge in [0.2, 0.25) is 5.91 Å². The molecule has 174 valence electrons. The predicted octanol–water partition coefficient (Wildman–Crippen LogP) is 2.06. The first-order valence-electron chi connectivity index (χ1n) is 12.3. The van der Waals surface area contributed by atoms with Crippen LogP contribution in [0, 0.1) is 11.3 Å². The van der Waals surface area contributed by atoms with Crippen molar-refractivity contribution >= 4 is 11.6 Å². The number of nitriles is 1. The first-order chi connectivity index (χ1) is 15.6. The fourth-order valence-corrected chi connectivity index (χ4v) is 5.59. The molecule has 1 aromatic rings. The van der Waals surface area contributed by atoms with Crippen LogP contribution in [-0.4, -0.2) is 103 Å².